The Kier molecular flexibility index (Phi) is 4.57. The van der Waals surface area contributed by atoms with Gasteiger partial charge in [0.1, 0.15) is 17.2 Å². The quantitative estimate of drug-likeness (QED) is 0.750. The first-order chi connectivity index (χ1) is 13.1. The summed E-state index contributed by atoms with van der Waals surface area (Å²) in [6.45, 7) is -0.132. The Morgan fingerprint density at radius 2 is 2.04 bits per heavy atom. The molecule has 1 aliphatic carbocycles. The van der Waals surface area contributed by atoms with E-state index in [1.165, 1.54) is 16.9 Å². The molecular weight excluding hydrogens is 370 g/mol. The molecule has 140 valence electrons. The van der Waals surface area contributed by atoms with Gasteiger partial charge in [0.2, 0.25) is 0 Å². The number of fused-ring (bicyclic) bond motifs is 3. The van der Waals surface area contributed by atoms with Gasteiger partial charge in [-0.05, 0) is 53.8 Å². The molecule has 0 unspecified atom stereocenters. The van der Waals surface area contributed by atoms with E-state index < -0.39 is 24.6 Å². The van der Waals surface area contributed by atoms with E-state index in [9.17, 15) is 14.4 Å². The number of nitrogens with zero attached hydrogens (tertiary/aromatic N) is 1. The van der Waals surface area contributed by atoms with Crippen molar-refractivity contribution >= 4 is 29.3 Å². The minimum absolute atomic E-state index is 0.167. The molecule has 0 bridgehead atoms. The van der Waals surface area contributed by atoms with Crippen LogP contribution in [0.3, 0.4) is 0 Å². The molecule has 2 heterocycles. The number of imide groups is 1. The van der Waals surface area contributed by atoms with E-state index in [0.717, 1.165) is 39.5 Å². The van der Waals surface area contributed by atoms with E-state index in [0.29, 0.717) is 4.88 Å². The standard InChI is InChI=1S/C19H17NO6S/c1-24-13-4-5-14-11(8-13)2-3-12-9-15(27-17(12)14)18(22)26-10-16(21)20-6-7-25-19(20)23/h4-5,8-9H,2-3,6-7,10H2,1H3. The number of amides is 2. The Morgan fingerprint density at radius 3 is 2.78 bits per heavy atom. The number of hydrogen-bond donors (Lipinski definition) is 0. The van der Waals surface area contributed by atoms with Gasteiger partial charge in [-0.15, -0.1) is 11.3 Å². The molecule has 2 amide bonds. The van der Waals surface area contributed by atoms with Crippen LogP contribution in [0.4, 0.5) is 4.79 Å². The van der Waals surface area contributed by atoms with Crippen molar-refractivity contribution in [1.29, 1.82) is 0 Å². The van der Waals surface area contributed by atoms with Gasteiger partial charge in [0.25, 0.3) is 5.91 Å². The fraction of sp³-hybridized carbons (Fsp3) is 0.316. The molecule has 1 aromatic heterocycles. The smallest absolute Gasteiger partial charge is 0.416 e. The minimum Gasteiger partial charge on any atom is -0.497 e. The van der Waals surface area contributed by atoms with E-state index in [2.05, 4.69) is 0 Å². The number of thiophene rings is 1. The Bertz CT molecular complexity index is 934. The van der Waals surface area contributed by atoms with E-state index in [1.54, 1.807) is 7.11 Å². The molecule has 1 saturated heterocycles. The molecule has 1 fully saturated rings. The van der Waals surface area contributed by atoms with Crippen molar-refractivity contribution in [3.63, 3.8) is 0 Å². The van der Waals surface area contributed by atoms with Crippen LogP contribution >= 0.6 is 11.3 Å². The zero-order valence-corrected chi connectivity index (χ0v) is 15.5. The highest BCUT2D eigenvalue weighted by Gasteiger charge is 2.29. The predicted molar refractivity (Wildman–Crippen MR) is 97.1 cm³/mol. The van der Waals surface area contributed by atoms with Gasteiger partial charge in [-0.3, -0.25) is 4.79 Å². The number of benzene rings is 1. The number of esters is 1. The van der Waals surface area contributed by atoms with E-state index in [1.807, 2.05) is 24.3 Å². The van der Waals surface area contributed by atoms with E-state index >= 15 is 0 Å². The Labute approximate surface area is 159 Å². The summed E-state index contributed by atoms with van der Waals surface area (Å²) < 4.78 is 15.1. The van der Waals surface area contributed by atoms with Crippen molar-refractivity contribution in [2.45, 2.75) is 12.8 Å². The van der Waals surface area contributed by atoms with E-state index in [4.69, 9.17) is 14.2 Å². The van der Waals surface area contributed by atoms with Crippen LogP contribution in [0.25, 0.3) is 10.4 Å². The molecule has 0 radical (unpaired) electrons. The van der Waals surface area contributed by atoms with Crippen molar-refractivity contribution in [3.8, 4) is 16.2 Å². The number of methoxy groups -OCH3 is 1. The molecule has 27 heavy (non-hydrogen) atoms. The van der Waals surface area contributed by atoms with Crippen molar-refractivity contribution < 1.29 is 28.6 Å². The Morgan fingerprint density at radius 1 is 1.22 bits per heavy atom. The first-order valence-corrected chi connectivity index (χ1v) is 9.32. The molecule has 7 nitrogen and oxygen atoms in total. The van der Waals surface area contributed by atoms with Gasteiger partial charge in [0.15, 0.2) is 6.61 Å². The lowest BCUT2D eigenvalue weighted by molar-refractivity contribution is -0.131. The molecule has 0 atom stereocenters. The largest absolute Gasteiger partial charge is 0.497 e. The van der Waals surface area contributed by atoms with Crippen LogP contribution < -0.4 is 4.74 Å². The third kappa shape index (κ3) is 3.28. The first kappa shape index (κ1) is 17.5. The van der Waals surface area contributed by atoms with Crippen molar-refractivity contribution in [2.24, 2.45) is 0 Å². The monoisotopic (exact) mass is 387 g/mol. The summed E-state index contributed by atoms with van der Waals surface area (Å²) in [6, 6.07) is 7.74. The highest BCUT2D eigenvalue weighted by Crippen LogP contribution is 2.40. The van der Waals surface area contributed by atoms with E-state index in [-0.39, 0.29) is 13.2 Å². The van der Waals surface area contributed by atoms with Gasteiger partial charge < -0.3 is 14.2 Å². The van der Waals surface area contributed by atoms with Crippen LogP contribution in [0.1, 0.15) is 20.8 Å². The third-order valence-corrected chi connectivity index (χ3v) is 5.81. The van der Waals surface area contributed by atoms with Crippen molar-refractivity contribution in [2.75, 3.05) is 26.9 Å². The number of hydrogen-bond acceptors (Lipinski definition) is 7. The Hall–Kier alpha value is -2.87. The third-order valence-electron chi connectivity index (χ3n) is 4.62. The number of rotatable bonds is 4. The molecule has 1 aliphatic heterocycles. The van der Waals surface area contributed by atoms with Gasteiger partial charge in [-0.1, -0.05) is 0 Å². The fourth-order valence-corrected chi connectivity index (χ4v) is 4.40. The lowest BCUT2D eigenvalue weighted by Crippen LogP contribution is -2.35. The van der Waals surface area contributed by atoms with Crippen LogP contribution in [0.2, 0.25) is 0 Å². The molecule has 8 heteroatoms. The highest BCUT2D eigenvalue weighted by atomic mass is 32.1. The minimum atomic E-state index is -0.699. The average molecular weight is 387 g/mol. The molecule has 2 aromatic rings. The second-order valence-electron chi connectivity index (χ2n) is 6.22. The lowest BCUT2D eigenvalue weighted by atomic mass is 9.91. The zero-order valence-electron chi connectivity index (χ0n) is 14.6. The molecule has 2 aliphatic rings. The van der Waals surface area contributed by atoms with Crippen molar-refractivity contribution in [3.05, 3.63) is 40.3 Å². The number of carbonyl (C=O) groups is 3. The molecule has 4 rings (SSSR count). The Balaban J connectivity index is 1.48. The summed E-state index contributed by atoms with van der Waals surface area (Å²) in [4.78, 5) is 38.1. The first-order valence-electron chi connectivity index (χ1n) is 8.51. The number of ether oxygens (including phenoxy) is 3. The van der Waals surface area contributed by atoms with Gasteiger partial charge in [-0.2, -0.15) is 0 Å². The maximum Gasteiger partial charge on any atom is 0.416 e. The van der Waals surface area contributed by atoms with Gasteiger partial charge in [0, 0.05) is 4.88 Å². The van der Waals surface area contributed by atoms with Crippen molar-refractivity contribution in [1.82, 2.24) is 4.90 Å². The summed E-state index contributed by atoms with van der Waals surface area (Å²) in [5.74, 6) is -0.331. The summed E-state index contributed by atoms with van der Waals surface area (Å²) in [7, 11) is 1.64. The molecular formula is C19H17NO6S. The van der Waals surface area contributed by atoms with Gasteiger partial charge in [0.05, 0.1) is 13.7 Å². The van der Waals surface area contributed by atoms with Gasteiger partial charge in [-0.25, -0.2) is 14.5 Å². The van der Waals surface area contributed by atoms with Gasteiger partial charge >= 0.3 is 12.1 Å². The molecule has 0 N–H and O–H groups in total. The predicted octanol–water partition coefficient (Wildman–Crippen LogP) is 2.66. The fourth-order valence-electron chi connectivity index (χ4n) is 3.23. The van der Waals surface area contributed by atoms with Crippen LogP contribution in [0.15, 0.2) is 24.3 Å². The number of aryl methyl sites for hydroxylation is 2. The second-order valence-corrected chi connectivity index (χ2v) is 7.28. The summed E-state index contributed by atoms with van der Waals surface area (Å²) >= 11 is 1.35. The number of carbonyl (C=O) groups excluding carboxylic acids is 3. The summed E-state index contributed by atoms with van der Waals surface area (Å²) in [5.41, 5.74) is 3.38. The van der Waals surface area contributed by atoms with Crippen LogP contribution in [0.5, 0.6) is 5.75 Å². The van der Waals surface area contributed by atoms with Crippen LogP contribution in [-0.4, -0.2) is 49.7 Å². The zero-order chi connectivity index (χ0) is 19.0. The second kappa shape index (κ2) is 7.03. The van der Waals surface area contributed by atoms with Crippen LogP contribution in [-0.2, 0) is 27.1 Å². The average Bonchev–Trinajstić information content (AvgIpc) is 3.31. The SMILES string of the molecule is COc1ccc2c(c1)CCc1cc(C(=O)OCC(=O)N3CCOC3=O)sc1-2. The summed E-state index contributed by atoms with van der Waals surface area (Å²) in [6.07, 6.45) is 1.01. The maximum absolute atomic E-state index is 12.4. The normalized spacial score (nSPS) is 15.0. The lowest BCUT2D eigenvalue weighted by Gasteiger charge is -2.16. The molecule has 1 aromatic carbocycles. The number of cyclic esters (lactones) is 1. The maximum atomic E-state index is 12.4. The molecule has 0 spiro atoms. The molecule has 0 saturated carbocycles. The topological polar surface area (TPSA) is 82.1 Å². The highest BCUT2D eigenvalue weighted by molar-refractivity contribution is 7.17. The van der Waals surface area contributed by atoms with Crippen LogP contribution in [0, 0.1) is 0 Å². The summed E-state index contributed by atoms with van der Waals surface area (Å²) in [5, 5.41) is 0.